The van der Waals surface area contributed by atoms with Crippen LogP contribution in [0.4, 0.5) is 14.5 Å². The second-order valence-corrected chi connectivity index (χ2v) is 4.72. The number of alkyl halides is 2. The van der Waals surface area contributed by atoms with Gasteiger partial charge in [-0.2, -0.15) is 8.78 Å². The Hall–Kier alpha value is -2.83. The third-order valence-electron chi connectivity index (χ3n) is 3.14. The quantitative estimate of drug-likeness (QED) is 0.938. The number of benzene rings is 2. The van der Waals surface area contributed by atoms with E-state index >= 15 is 0 Å². The van der Waals surface area contributed by atoms with Crippen molar-refractivity contribution in [1.29, 1.82) is 0 Å². The fourth-order valence-corrected chi connectivity index (χ4v) is 2.11. The lowest BCUT2D eigenvalue weighted by atomic mass is 10.1. The maximum atomic E-state index is 12.2. The summed E-state index contributed by atoms with van der Waals surface area (Å²) in [5.74, 6) is 0.799. The van der Waals surface area contributed by atoms with E-state index in [1.807, 2.05) is 0 Å². The van der Waals surface area contributed by atoms with Gasteiger partial charge < -0.3 is 19.5 Å². The van der Waals surface area contributed by atoms with Gasteiger partial charge in [-0.1, -0.05) is 0 Å². The molecule has 3 rings (SSSR count). The summed E-state index contributed by atoms with van der Waals surface area (Å²) in [6, 6.07) is 10.6. The molecular formula is C16H13F2NO4. The molecule has 120 valence electrons. The van der Waals surface area contributed by atoms with E-state index in [-0.39, 0.29) is 11.7 Å². The molecule has 1 aliphatic rings. The van der Waals surface area contributed by atoms with Crippen LogP contribution in [0.1, 0.15) is 10.4 Å². The molecule has 7 heteroatoms. The van der Waals surface area contributed by atoms with Crippen LogP contribution in [0.3, 0.4) is 0 Å². The first kappa shape index (κ1) is 15.1. The molecule has 0 saturated carbocycles. The van der Waals surface area contributed by atoms with E-state index in [0.717, 1.165) is 0 Å². The third-order valence-corrected chi connectivity index (χ3v) is 3.14. The van der Waals surface area contributed by atoms with E-state index < -0.39 is 6.61 Å². The Morgan fingerprint density at radius 3 is 2.43 bits per heavy atom. The molecule has 1 N–H and O–H groups in total. The third kappa shape index (κ3) is 3.68. The average molecular weight is 321 g/mol. The molecule has 2 aromatic carbocycles. The Morgan fingerprint density at radius 1 is 1.04 bits per heavy atom. The highest BCUT2D eigenvalue weighted by Gasteiger charge is 2.15. The van der Waals surface area contributed by atoms with Crippen LogP contribution in [0, 0.1) is 0 Å². The Balaban J connectivity index is 1.69. The molecule has 0 fully saturated rings. The molecule has 1 amide bonds. The first-order valence-corrected chi connectivity index (χ1v) is 6.88. The number of anilines is 1. The molecular weight excluding hydrogens is 308 g/mol. The van der Waals surface area contributed by atoms with E-state index in [4.69, 9.17) is 9.47 Å². The summed E-state index contributed by atoms with van der Waals surface area (Å²) in [7, 11) is 0. The van der Waals surface area contributed by atoms with Crippen molar-refractivity contribution in [3.63, 3.8) is 0 Å². The van der Waals surface area contributed by atoms with Crippen LogP contribution in [0.15, 0.2) is 42.5 Å². The molecule has 0 unspecified atom stereocenters. The minimum absolute atomic E-state index is 0.0253. The van der Waals surface area contributed by atoms with Gasteiger partial charge in [-0.05, 0) is 42.5 Å². The number of ether oxygens (including phenoxy) is 3. The summed E-state index contributed by atoms with van der Waals surface area (Å²) >= 11 is 0. The number of hydrogen-bond acceptors (Lipinski definition) is 4. The van der Waals surface area contributed by atoms with E-state index in [2.05, 4.69) is 10.1 Å². The number of nitrogens with one attached hydrogen (secondary N) is 1. The highest BCUT2D eigenvalue weighted by atomic mass is 19.3. The van der Waals surface area contributed by atoms with E-state index in [9.17, 15) is 13.6 Å². The van der Waals surface area contributed by atoms with Crippen LogP contribution in [-0.4, -0.2) is 25.7 Å². The maximum absolute atomic E-state index is 12.2. The van der Waals surface area contributed by atoms with Crippen LogP contribution in [0.2, 0.25) is 0 Å². The average Bonchev–Trinajstić information content (AvgIpc) is 2.55. The molecule has 2 aromatic rings. The van der Waals surface area contributed by atoms with Gasteiger partial charge >= 0.3 is 6.61 Å². The number of fused-ring (bicyclic) bond motifs is 1. The molecule has 0 aliphatic carbocycles. The Labute approximate surface area is 130 Å². The minimum atomic E-state index is -2.88. The lowest BCUT2D eigenvalue weighted by molar-refractivity contribution is -0.0498. The highest BCUT2D eigenvalue weighted by Crippen LogP contribution is 2.31. The predicted molar refractivity (Wildman–Crippen MR) is 78.5 cm³/mol. The van der Waals surface area contributed by atoms with Crippen molar-refractivity contribution in [3.05, 3.63) is 48.0 Å². The lowest BCUT2D eigenvalue weighted by Gasteiger charge is -2.18. The van der Waals surface area contributed by atoms with E-state index in [1.54, 1.807) is 18.2 Å². The van der Waals surface area contributed by atoms with Gasteiger partial charge in [0, 0.05) is 11.3 Å². The summed E-state index contributed by atoms with van der Waals surface area (Å²) in [5.41, 5.74) is 0.869. The SMILES string of the molecule is O=C(Nc1ccc(OC(F)F)cc1)c1ccc2c(c1)OCCO2. The molecule has 1 aliphatic heterocycles. The van der Waals surface area contributed by atoms with E-state index in [1.165, 1.54) is 24.3 Å². The topological polar surface area (TPSA) is 56.8 Å². The number of halogens is 2. The molecule has 0 saturated heterocycles. The minimum Gasteiger partial charge on any atom is -0.486 e. The lowest BCUT2D eigenvalue weighted by Crippen LogP contribution is -2.17. The van der Waals surface area contributed by atoms with Crippen molar-refractivity contribution in [1.82, 2.24) is 0 Å². The second kappa shape index (κ2) is 6.51. The fourth-order valence-electron chi connectivity index (χ4n) is 2.11. The normalized spacial score (nSPS) is 12.8. The van der Waals surface area contributed by atoms with Crippen molar-refractivity contribution < 1.29 is 27.8 Å². The van der Waals surface area contributed by atoms with E-state index in [0.29, 0.717) is 36.0 Å². The van der Waals surface area contributed by atoms with Crippen LogP contribution >= 0.6 is 0 Å². The Morgan fingerprint density at radius 2 is 1.74 bits per heavy atom. The van der Waals surface area contributed by atoms with Crippen LogP contribution in [0.25, 0.3) is 0 Å². The molecule has 0 radical (unpaired) electrons. The van der Waals surface area contributed by atoms with Gasteiger partial charge in [0.15, 0.2) is 11.5 Å². The molecule has 0 bridgehead atoms. The van der Waals surface area contributed by atoms with Crippen LogP contribution in [0.5, 0.6) is 17.2 Å². The number of amides is 1. The zero-order valence-corrected chi connectivity index (χ0v) is 11.9. The molecule has 1 heterocycles. The number of carbonyl (C=O) groups is 1. The summed E-state index contributed by atoms with van der Waals surface area (Å²) in [6.07, 6.45) is 0. The summed E-state index contributed by atoms with van der Waals surface area (Å²) in [5, 5.41) is 2.67. The first-order chi connectivity index (χ1) is 11.1. The summed E-state index contributed by atoms with van der Waals surface area (Å²) < 4.78 is 39.2. The summed E-state index contributed by atoms with van der Waals surface area (Å²) in [4.78, 5) is 12.2. The van der Waals surface area contributed by atoms with Gasteiger partial charge in [-0.25, -0.2) is 0 Å². The smallest absolute Gasteiger partial charge is 0.387 e. The van der Waals surface area contributed by atoms with Crippen molar-refractivity contribution >= 4 is 11.6 Å². The Kier molecular flexibility index (Phi) is 4.27. The second-order valence-electron chi connectivity index (χ2n) is 4.72. The van der Waals surface area contributed by atoms with Crippen molar-refractivity contribution in [3.8, 4) is 17.2 Å². The monoisotopic (exact) mass is 321 g/mol. The fraction of sp³-hybridized carbons (Fsp3) is 0.188. The standard InChI is InChI=1S/C16H13F2NO4/c17-16(18)23-12-4-2-11(3-5-12)19-15(20)10-1-6-13-14(9-10)22-8-7-21-13/h1-6,9,16H,7-8H2,(H,19,20). The predicted octanol–water partition coefficient (Wildman–Crippen LogP) is 3.31. The van der Waals surface area contributed by atoms with Crippen molar-refractivity contribution in [2.75, 3.05) is 18.5 Å². The zero-order chi connectivity index (χ0) is 16.2. The Bertz CT molecular complexity index is 704. The van der Waals surface area contributed by atoms with Gasteiger partial charge in [0.25, 0.3) is 5.91 Å². The highest BCUT2D eigenvalue weighted by molar-refractivity contribution is 6.04. The largest absolute Gasteiger partial charge is 0.486 e. The first-order valence-electron chi connectivity index (χ1n) is 6.88. The van der Waals surface area contributed by atoms with Crippen molar-refractivity contribution in [2.24, 2.45) is 0 Å². The number of rotatable bonds is 4. The van der Waals surface area contributed by atoms with Crippen LogP contribution < -0.4 is 19.5 Å². The van der Waals surface area contributed by atoms with Gasteiger partial charge in [-0.3, -0.25) is 4.79 Å². The number of hydrogen-bond donors (Lipinski definition) is 1. The van der Waals surface area contributed by atoms with Gasteiger partial charge in [0.2, 0.25) is 0 Å². The van der Waals surface area contributed by atoms with Gasteiger partial charge in [0.05, 0.1) is 0 Å². The maximum Gasteiger partial charge on any atom is 0.387 e. The molecule has 0 aromatic heterocycles. The number of carbonyl (C=O) groups excluding carboxylic acids is 1. The van der Waals surface area contributed by atoms with Gasteiger partial charge in [0.1, 0.15) is 19.0 Å². The molecule has 23 heavy (non-hydrogen) atoms. The van der Waals surface area contributed by atoms with Crippen molar-refractivity contribution in [2.45, 2.75) is 6.61 Å². The van der Waals surface area contributed by atoms with Crippen LogP contribution in [-0.2, 0) is 0 Å². The van der Waals surface area contributed by atoms with Gasteiger partial charge in [-0.15, -0.1) is 0 Å². The molecule has 0 atom stereocenters. The molecule has 0 spiro atoms. The zero-order valence-electron chi connectivity index (χ0n) is 11.9. The molecule has 5 nitrogen and oxygen atoms in total. The summed E-state index contributed by atoms with van der Waals surface area (Å²) in [6.45, 7) is -1.97.